The lowest BCUT2D eigenvalue weighted by atomic mass is 10.2. The van der Waals surface area contributed by atoms with Crippen LogP contribution in [0.4, 0.5) is 0 Å². The third-order valence-corrected chi connectivity index (χ3v) is 6.02. The number of amides is 1. The number of hydrogen-bond donors (Lipinski definition) is 1. The van der Waals surface area contributed by atoms with Crippen LogP contribution in [-0.2, 0) is 6.42 Å². The monoisotopic (exact) mass is 410 g/mol. The summed E-state index contributed by atoms with van der Waals surface area (Å²) in [5, 5.41) is 6.79. The summed E-state index contributed by atoms with van der Waals surface area (Å²) in [6, 6.07) is 7.55. The summed E-state index contributed by atoms with van der Waals surface area (Å²) in [6.45, 7) is 2.48. The molecule has 4 heterocycles. The predicted molar refractivity (Wildman–Crippen MR) is 111 cm³/mol. The predicted octanol–water partition coefficient (Wildman–Crippen LogP) is 4.59. The van der Waals surface area contributed by atoms with E-state index in [1.54, 1.807) is 30.0 Å². The zero-order valence-electron chi connectivity index (χ0n) is 15.2. The molecule has 8 heteroatoms. The van der Waals surface area contributed by atoms with Crippen LogP contribution in [0.15, 0.2) is 52.7 Å². The highest BCUT2D eigenvalue weighted by atomic mass is 32.1. The molecule has 0 aliphatic rings. The van der Waals surface area contributed by atoms with E-state index < -0.39 is 0 Å². The first-order valence-electron chi connectivity index (χ1n) is 8.85. The summed E-state index contributed by atoms with van der Waals surface area (Å²) in [5.41, 5.74) is 2.50. The molecule has 0 unspecified atom stereocenters. The van der Waals surface area contributed by atoms with Gasteiger partial charge in [-0.2, -0.15) is 0 Å². The van der Waals surface area contributed by atoms with E-state index >= 15 is 0 Å². The molecule has 1 N–H and O–H groups in total. The Morgan fingerprint density at radius 1 is 1.21 bits per heavy atom. The number of aromatic nitrogens is 3. The zero-order valence-corrected chi connectivity index (χ0v) is 16.8. The first kappa shape index (κ1) is 18.5. The Bertz CT molecular complexity index is 1060. The van der Waals surface area contributed by atoms with Crippen molar-refractivity contribution in [3.05, 3.63) is 63.9 Å². The van der Waals surface area contributed by atoms with Crippen LogP contribution in [0.1, 0.15) is 26.8 Å². The van der Waals surface area contributed by atoms with Crippen molar-refractivity contribution >= 4 is 28.6 Å². The van der Waals surface area contributed by atoms with E-state index in [1.165, 1.54) is 11.3 Å². The lowest BCUT2D eigenvalue weighted by Gasteiger charge is -2.03. The fourth-order valence-electron chi connectivity index (χ4n) is 2.72. The fourth-order valence-corrected chi connectivity index (χ4v) is 4.45. The molecule has 6 nitrogen and oxygen atoms in total. The van der Waals surface area contributed by atoms with Crippen LogP contribution in [0.3, 0.4) is 0 Å². The van der Waals surface area contributed by atoms with E-state index in [2.05, 4.69) is 25.6 Å². The van der Waals surface area contributed by atoms with Gasteiger partial charge < -0.3 is 9.73 Å². The molecular formula is C20H18N4O2S2. The van der Waals surface area contributed by atoms with Gasteiger partial charge in [-0.3, -0.25) is 9.78 Å². The van der Waals surface area contributed by atoms with Crippen LogP contribution in [0.2, 0.25) is 0 Å². The maximum atomic E-state index is 12.4. The van der Waals surface area contributed by atoms with Gasteiger partial charge in [-0.05, 0) is 37.6 Å². The maximum absolute atomic E-state index is 12.4. The number of aryl methyl sites for hydroxylation is 2. The summed E-state index contributed by atoms with van der Waals surface area (Å²) in [6.07, 6.45) is 6.78. The van der Waals surface area contributed by atoms with Crippen LogP contribution in [-0.4, -0.2) is 27.4 Å². The molecule has 0 fully saturated rings. The highest BCUT2D eigenvalue weighted by Crippen LogP contribution is 2.28. The molecule has 0 aliphatic carbocycles. The summed E-state index contributed by atoms with van der Waals surface area (Å²) >= 11 is 3.10. The van der Waals surface area contributed by atoms with Crippen LogP contribution >= 0.6 is 22.7 Å². The topological polar surface area (TPSA) is 80.9 Å². The Morgan fingerprint density at radius 2 is 2.07 bits per heavy atom. The molecular weight excluding hydrogens is 392 g/mol. The number of nitrogens with zero attached hydrogens (tertiary/aromatic N) is 3. The van der Waals surface area contributed by atoms with Crippen molar-refractivity contribution in [1.29, 1.82) is 0 Å². The molecule has 0 bridgehead atoms. The molecule has 0 atom stereocenters. The van der Waals surface area contributed by atoms with E-state index in [-0.39, 0.29) is 5.91 Å². The molecule has 0 saturated heterocycles. The third-order valence-electron chi connectivity index (χ3n) is 4.12. The Balaban J connectivity index is 1.29. The minimum atomic E-state index is -0.150. The second-order valence-corrected chi connectivity index (χ2v) is 8.27. The van der Waals surface area contributed by atoms with Crippen molar-refractivity contribution in [2.45, 2.75) is 19.8 Å². The van der Waals surface area contributed by atoms with Crippen molar-refractivity contribution in [2.24, 2.45) is 0 Å². The first-order chi connectivity index (χ1) is 13.7. The van der Waals surface area contributed by atoms with Gasteiger partial charge in [0.15, 0.2) is 10.8 Å². The minimum absolute atomic E-state index is 0.150. The van der Waals surface area contributed by atoms with Crippen LogP contribution in [0, 0.1) is 6.92 Å². The Hall–Kier alpha value is -2.84. The summed E-state index contributed by atoms with van der Waals surface area (Å²) < 4.78 is 5.36. The standard InChI is InChI=1S/C20H18N4O2S2/c1-13-18(24-20(28-13)16-4-3-11-26-16)19(25)22-8-2-5-17-23-15(12-27-17)14-6-9-21-10-7-14/h3-4,6-7,9-12H,2,5,8H2,1H3,(H,22,25). The number of pyridine rings is 1. The smallest absolute Gasteiger partial charge is 0.271 e. The number of furan rings is 1. The van der Waals surface area contributed by atoms with E-state index in [0.717, 1.165) is 39.0 Å². The second-order valence-electron chi connectivity index (χ2n) is 6.12. The summed E-state index contributed by atoms with van der Waals surface area (Å²) in [7, 11) is 0. The van der Waals surface area contributed by atoms with Gasteiger partial charge in [-0.25, -0.2) is 9.97 Å². The molecule has 28 heavy (non-hydrogen) atoms. The molecule has 0 aromatic carbocycles. The zero-order chi connectivity index (χ0) is 19.3. The molecule has 0 radical (unpaired) electrons. The van der Waals surface area contributed by atoms with Crippen LogP contribution < -0.4 is 5.32 Å². The molecule has 142 valence electrons. The van der Waals surface area contributed by atoms with E-state index in [1.807, 2.05) is 31.2 Å². The normalized spacial score (nSPS) is 10.9. The van der Waals surface area contributed by atoms with Gasteiger partial charge in [0, 0.05) is 41.2 Å². The van der Waals surface area contributed by atoms with Crippen LogP contribution in [0.5, 0.6) is 0 Å². The lowest BCUT2D eigenvalue weighted by Crippen LogP contribution is -2.25. The van der Waals surface area contributed by atoms with Crippen molar-refractivity contribution in [1.82, 2.24) is 20.3 Å². The number of hydrogen-bond acceptors (Lipinski definition) is 7. The molecule has 0 spiro atoms. The van der Waals surface area contributed by atoms with E-state index in [4.69, 9.17) is 4.42 Å². The van der Waals surface area contributed by atoms with Crippen molar-refractivity contribution in [2.75, 3.05) is 6.54 Å². The van der Waals surface area contributed by atoms with Gasteiger partial charge in [0.25, 0.3) is 5.91 Å². The largest absolute Gasteiger partial charge is 0.462 e. The number of rotatable bonds is 7. The van der Waals surface area contributed by atoms with Crippen LogP contribution in [0.25, 0.3) is 22.0 Å². The average molecular weight is 411 g/mol. The van der Waals surface area contributed by atoms with Gasteiger partial charge in [-0.15, -0.1) is 22.7 Å². The molecule has 4 rings (SSSR count). The Kier molecular flexibility index (Phi) is 5.59. The molecule has 0 aliphatic heterocycles. The van der Waals surface area contributed by atoms with Gasteiger partial charge in [0.05, 0.1) is 17.0 Å². The fraction of sp³-hybridized carbons (Fsp3) is 0.200. The van der Waals surface area contributed by atoms with Crippen molar-refractivity contribution in [3.8, 4) is 22.0 Å². The van der Waals surface area contributed by atoms with Gasteiger partial charge in [0.1, 0.15) is 5.69 Å². The second kappa shape index (κ2) is 8.45. The quantitative estimate of drug-likeness (QED) is 0.451. The average Bonchev–Trinajstić information content (AvgIpc) is 3.46. The van der Waals surface area contributed by atoms with Gasteiger partial charge in [0.2, 0.25) is 0 Å². The number of thiazole rings is 2. The number of nitrogens with one attached hydrogen (secondary N) is 1. The molecule has 4 aromatic heterocycles. The maximum Gasteiger partial charge on any atom is 0.271 e. The summed E-state index contributed by atoms with van der Waals surface area (Å²) in [4.78, 5) is 26.4. The molecule has 0 saturated carbocycles. The van der Waals surface area contributed by atoms with Gasteiger partial charge in [-0.1, -0.05) is 0 Å². The van der Waals surface area contributed by atoms with E-state index in [9.17, 15) is 4.79 Å². The highest BCUT2D eigenvalue weighted by molar-refractivity contribution is 7.15. The SMILES string of the molecule is Cc1sc(-c2ccco2)nc1C(=O)NCCCc1nc(-c2ccncc2)cs1. The first-order valence-corrected chi connectivity index (χ1v) is 10.5. The molecule has 1 amide bonds. The van der Waals surface area contributed by atoms with Crippen molar-refractivity contribution < 1.29 is 9.21 Å². The Morgan fingerprint density at radius 3 is 2.86 bits per heavy atom. The summed E-state index contributed by atoms with van der Waals surface area (Å²) in [5.74, 6) is 0.532. The molecule has 4 aromatic rings. The van der Waals surface area contributed by atoms with Crippen molar-refractivity contribution in [3.63, 3.8) is 0 Å². The number of carbonyl (C=O) groups excluding carboxylic acids is 1. The minimum Gasteiger partial charge on any atom is -0.462 e. The van der Waals surface area contributed by atoms with E-state index in [0.29, 0.717) is 18.0 Å². The van der Waals surface area contributed by atoms with Gasteiger partial charge >= 0.3 is 0 Å². The number of carbonyl (C=O) groups is 1. The third kappa shape index (κ3) is 4.18. The Labute approximate surface area is 170 Å². The highest BCUT2D eigenvalue weighted by Gasteiger charge is 2.17. The lowest BCUT2D eigenvalue weighted by molar-refractivity contribution is 0.0948.